The largest absolute Gasteiger partial charge is 4.00 e. The second-order valence-electron chi connectivity index (χ2n) is 6.79. The summed E-state index contributed by atoms with van der Waals surface area (Å²) in [5.41, 5.74) is 11.0. The molecule has 6 rings (SSSR count). The van der Waals surface area contributed by atoms with Crippen LogP contribution in [0.4, 0.5) is 0 Å². The van der Waals surface area contributed by atoms with Crippen molar-refractivity contribution in [3.05, 3.63) is 134 Å². The van der Waals surface area contributed by atoms with Gasteiger partial charge in [0.2, 0.25) is 0 Å². The smallest absolute Gasteiger partial charge is 0.358 e. The van der Waals surface area contributed by atoms with Crippen LogP contribution in [-0.4, -0.2) is 0 Å². The fraction of sp³-hybridized carbons (Fsp3) is 0.0714. The fourth-order valence-electron chi connectivity index (χ4n) is 4.00. The Morgan fingerprint density at radius 2 is 0.862 bits per heavy atom. The molecular formula is C28H24Ti. The van der Waals surface area contributed by atoms with Crippen molar-refractivity contribution in [1.29, 1.82) is 0 Å². The molecule has 2 aliphatic carbocycles. The van der Waals surface area contributed by atoms with E-state index >= 15 is 0 Å². The summed E-state index contributed by atoms with van der Waals surface area (Å²) >= 11 is 0. The number of rotatable bonds is 0. The molecule has 29 heavy (non-hydrogen) atoms. The Kier molecular flexibility index (Phi) is 7.79. The van der Waals surface area contributed by atoms with Crippen molar-refractivity contribution in [2.45, 2.75) is 12.8 Å². The van der Waals surface area contributed by atoms with Crippen LogP contribution < -0.4 is 0 Å². The molecule has 0 N–H and O–H groups in total. The van der Waals surface area contributed by atoms with Crippen LogP contribution in [-0.2, 0) is 34.6 Å². The second-order valence-corrected chi connectivity index (χ2v) is 6.79. The molecule has 0 nitrogen and oxygen atoms in total. The third-order valence-electron chi connectivity index (χ3n) is 5.23. The zero-order chi connectivity index (χ0) is 17.3. The van der Waals surface area contributed by atoms with Gasteiger partial charge in [-0.1, -0.05) is 70.8 Å². The zero-order valence-corrected chi connectivity index (χ0v) is 18.6. The second kappa shape index (κ2) is 9.88. The number of hydrogen-bond acceptors (Lipinski definition) is 0. The van der Waals surface area contributed by atoms with E-state index in [2.05, 4.69) is 84.9 Å². The minimum atomic E-state index is 0. The molecule has 4 aromatic carbocycles. The molecule has 0 saturated carbocycles. The molecular weight excluding hydrogens is 384 g/mol. The molecule has 0 radical (unpaired) electrons. The van der Waals surface area contributed by atoms with Gasteiger partial charge in [-0.05, 0) is 12.8 Å². The molecule has 140 valence electrons. The van der Waals surface area contributed by atoms with E-state index in [4.69, 9.17) is 0 Å². The Balaban J connectivity index is 0.000000187. The van der Waals surface area contributed by atoms with Gasteiger partial charge in [0.1, 0.15) is 0 Å². The van der Waals surface area contributed by atoms with E-state index in [0.717, 1.165) is 12.8 Å². The minimum Gasteiger partial charge on any atom is -0.358 e. The van der Waals surface area contributed by atoms with Crippen LogP contribution >= 0.6 is 0 Å². The van der Waals surface area contributed by atoms with Gasteiger partial charge in [-0.3, -0.25) is 0 Å². The molecule has 2 aliphatic rings. The van der Waals surface area contributed by atoms with Gasteiger partial charge in [0.25, 0.3) is 0 Å². The van der Waals surface area contributed by atoms with Gasteiger partial charge in [-0.15, -0.1) is 11.1 Å². The first-order valence-electron chi connectivity index (χ1n) is 9.06. The van der Waals surface area contributed by atoms with Crippen LogP contribution in [0.1, 0.15) is 22.3 Å². The van der Waals surface area contributed by atoms with E-state index in [-0.39, 0.29) is 36.6 Å². The third-order valence-corrected chi connectivity index (χ3v) is 5.23. The van der Waals surface area contributed by atoms with Crippen LogP contribution in [0.5, 0.6) is 0 Å². The monoisotopic (exact) mass is 408 g/mol. The fourth-order valence-corrected chi connectivity index (χ4v) is 4.00. The van der Waals surface area contributed by atoms with E-state index in [1.165, 1.54) is 44.5 Å². The molecule has 0 fully saturated rings. The van der Waals surface area contributed by atoms with E-state index in [9.17, 15) is 0 Å². The number of hydrogen-bond donors (Lipinski definition) is 0. The molecule has 0 bridgehead atoms. The molecule has 0 spiro atoms. The normalized spacial score (nSPS) is 11.0. The first-order valence-corrected chi connectivity index (χ1v) is 9.06. The van der Waals surface area contributed by atoms with E-state index in [1.807, 2.05) is 12.1 Å². The zero-order valence-electron chi connectivity index (χ0n) is 17.0. The van der Waals surface area contributed by atoms with Gasteiger partial charge >= 0.3 is 21.7 Å². The maximum atomic E-state index is 3.30. The number of benzene rings is 4. The molecule has 0 saturated heterocycles. The van der Waals surface area contributed by atoms with Crippen LogP contribution in [0.25, 0.3) is 22.3 Å². The van der Waals surface area contributed by atoms with Crippen molar-refractivity contribution in [2.75, 3.05) is 0 Å². The van der Waals surface area contributed by atoms with E-state index < -0.39 is 0 Å². The van der Waals surface area contributed by atoms with Crippen molar-refractivity contribution in [3.8, 4) is 22.3 Å². The summed E-state index contributed by atoms with van der Waals surface area (Å²) in [4.78, 5) is 0. The van der Waals surface area contributed by atoms with Gasteiger partial charge < -0.3 is 14.9 Å². The van der Waals surface area contributed by atoms with Crippen LogP contribution in [0.2, 0.25) is 0 Å². The average molecular weight is 408 g/mol. The first kappa shape index (κ1) is 22.9. The van der Waals surface area contributed by atoms with Gasteiger partial charge in [0.15, 0.2) is 0 Å². The van der Waals surface area contributed by atoms with E-state index in [0.29, 0.717) is 0 Å². The summed E-state index contributed by atoms with van der Waals surface area (Å²) in [7, 11) is 0. The predicted octanol–water partition coefficient (Wildman–Crippen LogP) is 7.01. The van der Waals surface area contributed by atoms with Crippen molar-refractivity contribution >= 4 is 0 Å². The summed E-state index contributed by atoms with van der Waals surface area (Å²) in [6.07, 6.45) is 2.10. The number of fused-ring (bicyclic) bond motifs is 6. The Morgan fingerprint density at radius 1 is 0.483 bits per heavy atom. The molecule has 0 unspecified atom stereocenters. The third kappa shape index (κ3) is 4.30. The molecule has 4 aromatic rings. The standard InChI is InChI=1S/2C13H9.2CH3.Ti/c2*1-3-7-12-10(5-1)9-11-6-2-4-8-13(11)12;;;/h2*1-5,7-8H,9H2;2*1H3;/q4*-1;+4. The summed E-state index contributed by atoms with van der Waals surface area (Å²) in [6, 6.07) is 36.2. The predicted molar refractivity (Wildman–Crippen MR) is 120 cm³/mol. The van der Waals surface area contributed by atoms with Crippen molar-refractivity contribution in [3.63, 3.8) is 0 Å². The molecule has 0 heterocycles. The summed E-state index contributed by atoms with van der Waals surface area (Å²) in [5.74, 6) is 0. The maximum absolute atomic E-state index is 3.30. The summed E-state index contributed by atoms with van der Waals surface area (Å²) in [6.45, 7) is 0. The Morgan fingerprint density at radius 3 is 1.31 bits per heavy atom. The molecule has 1 heteroatoms. The quantitative estimate of drug-likeness (QED) is 0.187. The molecule has 0 aliphatic heterocycles. The minimum absolute atomic E-state index is 0. The average Bonchev–Trinajstić information content (AvgIpc) is 3.27. The Hall–Kier alpha value is -2.41. The van der Waals surface area contributed by atoms with Gasteiger partial charge in [-0.2, -0.15) is 59.7 Å². The van der Waals surface area contributed by atoms with Crippen molar-refractivity contribution in [2.24, 2.45) is 0 Å². The molecule has 0 atom stereocenters. The van der Waals surface area contributed by atoms with Crippen LogP contribution in [0.15, 0.2) is 84.9 Å². The van der Waals surface area contributed by atoms with E-state index in [1.54, 1.807) is 0 Å². The van der Waals surface area contributed by atoms with Crippen molar-refractivity contribution in [1.82, 2.24) is 0 Å². The summed E-state index contributed by atoms with van der Waals surface area (Å²) < 4.78 is 0. The van der Waals surface area contributed by atoms with Gasteiger partial charge in [0.05, 0.1) is 0 Å². The van der Waals surface area contributed by atoms with Crippen LogP contribution in [0.3, 0.4) is 0 Å². The molecule has 0 amide bonds. The topological polar surface area (TPSA) is 0 Å². The van der Waals surface area contributed by atoms with Gasteiger partial charge in [0, 0.05) is 0 Å². The SMILES string of the molecule is [CH3-].[CH3-].[Ti+4].[c-]1cccc2c1Cc1ccccc1-2.[c-]1cccc2c1Cc1ccccc1-2. The van der Waals surface area contributed by atoms with Crippen LogP contribution in [0, 0.1) is 27.0 Å². The summed E-state index contributed by atoms with van der Waals surface area (Å²) in [5, 5.41) is 0. The maximum Gasteiger partial charge on any atom is 4.00 e. The molecule has 0 aromatic heterocycles. The Bertz CT molecular complexity index is 918. The Labute approximate surface area is 190 Å². The van der Waals surface area contributed by atoms with Gasteiger partial charge in [-0.25, -0.2) is 0 Å². The van der Waals surface area contributed by atoms with Crippen molar-refractivity contribution < 1.29 is 21.7 Å². The first-order chi connectivity index (χ1) is 12.9.